The molecule has 16 heavy (non-hydrogen) atoms. The van der Waals surface area contributed by atoms with Crippen LogP contribution in [-0.2, 0) is 9.59 Å². The monoisotopic (exact) mass is 226 g/mol. The van der Waals surface area contributed by atoms with Crippen LogP contribution in [0.25, 0.3) is 0 Å². The van der Waals surface area contributed by atoms with Gasteiger partial charge in [0.05, 0.1) is 5.41 Å². The average molecular weight is 226 g/mol. The second-order valence-corrected chi connectivity index (χ2v) is 4.60. The number of aliphatic carboxylic acids is 1. The Morgan fingerprint density at radius 3 is 2.62 bits per heavy atom. The highest BCUT2D eigenvalue weighted by Crippen LogP contribution is 2.29. The Hall–Kier alpha value is -1.36. The molecule has 1 saturated heterocycles. The normalized spacial score (nSPS) is 27.0. The molecule has 1 fully saturated rings. The summed E-state index contributed by atoms with van der Waals surface area (Å²) < 4.78 is 0. The second kappa shape index (κ2) is 4.65. The summed E-state index contributed by atoms with van der Waals surface area (Å²) in [6, 6.07) is 0. The molecular formula is C11H18N2O3. The van der Waals surface area contributed by atoms with Crippen molar-refractivity contribution in [2.24, 2.45) is 11.1 Å². The van der Waals surface area contributed by atoms with E-state index in [2.05, 4.69) is 0 Å². The summed E-state index contributed by atoms with van der Waals surface area (Å²) in [6.45, 7) is 5.35. The zero-order valence-electron chi connectivity index (χ0n) is 9.69. The predicted octanol–water partition coefficient (Wildman–Crippen LogP) is 0.215. The first-order valence-electron chi connectivity index (χ1n) is 5.27. The van der Waals surface area contributed by atoms with Crippen LogP contribution in [0.4, 0.5) is 0 Å². The van der Waals surface area contributed by atoms with Gasteiger partial charge in [-0.25, -0.2) is 4.79 Å². The molecule has 0 aliphatic carbocycles. The molecule has 1 aliphatic rings. The fourth-order valence-corrected chi connectivity index (χ4v) is 1.77. The van der Waals surface area contributed by atoms with Gasteiger partial charge in [0.15, 0.2) is 0 Å². The molecule has 1 rings (SSSR count). The number of carboxylic acid groups (broad SMARTS) is 1. The van der Waals surface area contributed by atoms with Gasteiger partial charge in [0.1, 0.15) is 0 Å². The molecule has 0 bridgehead atoms. The zero-order valence-corrected chi connectivity index (χ0v) is 9.69. The fraction of sp³-hybridized carbons (Fsp3) is 0.636. The molecule has 5 nitrogen and oxygen atoms in total. The molecule has 0 aromatic heterocycles. The summed E-state index contributed by atoms with van der Waals surface area (Å²) in [5.74, 6) is -1.19. The van der Waals surface area contributed by atoms with Crippen molar-refractivity contribution >= 4 is 11.9 Å². The highest BCUT2D eigenvalue weighted by Gasteiger charge is 2.38. The van der Waals surface area contributed by atoms with Gasteiger partial charge in [-0.3, -0.25) is 9.69 Å². The molecule has 3 N–H and O–H groups in total. The van der Waals surface area contributed by atoms with Gasteiger partial charge < -0.3 is 10.8 Å². The van der Waals surface area contributed by atoms with Gasteiger partial charge in [-0.1, -0.05) is 6.08 Å². The van der Waals surface area contributed by atoms with Crippen LogP contribution in [0, 0.1) is 5.41 Å². The van der Waals surface area contributed by atoms with E-state index >= 15 is 0 Å². The maximum absolute atomic E-state index is 11.2. The lowest BCUT2D eigenvalue weighted by Gasteiger charge is -2.20. The van der Waals surface area contributed by atoms with Crippen LogP contribution in [0.5, 0.6) is 0 Å². The first kappa shape index (κ1) is 12.7. The lowest BCUT2D eigenvalue weighted by molar-refractivity contribution is -0.132. The Balaban J connectivity index is 2.52. The summed E-state index contributed by atoms with van der Waals surface area (Å²) in [6.07, 6.45) is 2.40. The molecule has 0 saturated carbocycles. The minimum Gasteiger partial charge on any atom is -0.478 e. The molecule has 5 heteroatoms. The highest BCUT2D eigenvalue weighted by molar-refractivity contribution is 5.85. The van der Waals surface area contributed by atoms with Crippen molar-refractivity contribution in [3.8, 4) is 0 Å². The largest absolute Gasteiger partial charge is 0.478 e. The molecule has 1 heterocycles. The van der Waals surface area contributed by atoms with E-state index in [4.69, 9.17) is 10.8 Å². The molecule has 1 aliphatic heterocycles. The van der Waals surface area contributed by atoms with Crippen LogP contribution in [-0.4, -0.2) is 41.5 Å². The van der Waals surface area contributed by atoms with E-state index in [0.29, 0.717) is 18.7 Å². The van der Waals surface area contributed by atoms with Crippen LogP contribution in [0.15, 0.2) is 11.6 Å². The summed E-state index contributed by atoms with van der Waals surface area (Å²) in [7, 11) is 0. The quantitative estimate of drug-likeness (QED) is 0.671. The Kier molecular flexibility index (Phi) is 3.70. The number of carboxylic acids is 1. The topological polar surface area (TPSA) is 83.6 Å². The number of hydrogen-bond donors (Lipinski definition) is 2. The molecule has 0 aromatic carbocycles. The van der Waals surface area contributed by atoms with E-state index in [1.807, 2.05) is 11.8 Å². The number of likely N-dealkylation sites (tertiary alicyclic amines) is 1. The van der Waals surface area contributed by atoms with Gasteiger partial charge >= 0.3 is 5.97 Å². The Labute approximate surface area is 94.9 Å². The molecule has 0 radical (unpaired) electrons. The van der Waals surface area contributed by atoms with Crippen LogP contribution >= 0.6 is 0 Å². The van der Waals surface area contributed by atoms with E-state index in [1.54, 1.807) is 13.0 Å². The maximum atomic E-state index is 11.2. The van der Waals surface area contributed by atoms with Crippen LogP contribution < -0.4 is 5.73 Å². The first-order chi connectivity index (χ1) is 7.35. The minimum absolute atomic E-state index is 0.283. The third-order valence-electron chi connectivity index (χ3n) is 3.14. The van der Waals surface area contributed by atoms with Crippen molar-refractivity contribution in [2.75, 3.05) is 19.6 Å². The maximum Gasteiger partial charge on any atom is 0.330 e. The van der Waals surface area contributed by atoms with E-state index in [1.165, 1.54) is 0 Å². The Morgan fingerprint density at radius 1 is 1.56 bits per heavy atom. The smallest absolute Gasteiger partial charge is 0.330 e. The summed E-state index contributed by atoms with van der Waals surface area (Å²) >= 11 is 0. The van der Waals surface area contributed by atoms with Crippen molar-refractivity contribution in [3.63, 3.8) is 0 Å². The third-order valence-corrected chi connectivity index (χ3v) is 3.14. The molecule has 1 unspecified atom stereocenters. The predicted molar refractivity (Wildman–Crippen MR) is 59.8 cm³/mol. The zero-order chi connectivity index (χ0) is 12.3. The number of amides is 1. The number of carbonyl (C=O) groups excluding carboxylic acids is 1. The molecular weight excluding hydrogens is 208 g/mol. The van der Waals surface area contributed by atoms with Crippen LogP contribution in [0.3, 0.4) is 0 Å². The lowest BCUT2D eigenvalue weighted by Crippen LogP contribution is -2.37. The van der Waals surface area contributed by atoms with Crippen molar-refractivity contribution in [2.45, 2.75) is 20.3 Å². The van der Waals surface area contributed by atoms with Gasteiger partial charge in [0.25, 0.3) is 0 Å². The summed E-state index contributed by atoms with van der Waals surface area (Å²) in [4.78, 5) is 23.8. The van der Waals surface area contributed by atoms with E-state index in [9.17, 15) is 9.59 Å². The van der Waals surface area contributed by atoms with Crippen molar-refractivity contribution in [1.29, 1.82) is 0 Å². The van der Waals surface area contributed by atoms with E-state index in [-0.39, 0.29) is 5.91 Å². The third kappa shape index (κ3) is 2.82. The number of carbonyl (C=O) groups is 2. The number of hydrogen-bond acceptors (Lipinski definition) is 3. The van der Waals surface area contributed by atoms with Crippen LogP contribution in [0.1, 0.15) is 20.3 Å². The van der Waals surface area contributed by atoms with Crippen molar-refractivity contribution in [3.05, 3.63) is 11.6 Å². The molecule has 1 atom stereocenters. The van der Waals surface area contributed by atoms with E-state index in [0.717, 1.165) is 13.0 Å². The van der Waals surface area contributed by atoms with Gasteiger partial charge in [-0.05, 0) is 26.8 Å². The Morgan fingerprint density at radius 2 is 2.19 bits per heavy atom. The standard InChI is InChI=1S/C11H18N2O3/c1-8(9(14)15)3-5-13-6-4-11(2,7-13)10(12)16/h3H,4-7H2,1-2H3,(H2,12,16)(H,14,15). The van der Waals surface area contributed by atoms with Crippen molar-refractivity contribution < 1.29 is 14.7 Å². The van der Waals surface area contributed by atoms with Gasteiger partial charge in [0, 0.05) is 18.7 Å². The number of rotatable bonds is 4. The summed E-state index contributed by atoms with van der Waals surface area (Å²) in [5.41, 5.74) is 5.18. The fourth-order valence-electron chi connectivity index (χ4n) is 1.77. The number of nitrogens with zero attached hydrogens (tertiary/aromatic N) is 1. The van der Waals surface area contributed by atoms with Gasteiger partial charge in [-0.15, -0.1) is 0 Å². The minimum atomic E-state index is -0.906. The second-order valence-electron chi connectivity index (χ2n) is 4.60. The van der Waals surface area contributed by atoms with E-state index < -0.39 is 11.4 Å². The molecule has 0 aromatic rings. The average Bonchev–Trinajstić information content (AvgIpc) is 2.58. The van der Waals surface area contributed by atoms with Crippen molar-refractivity contribution in [1.82, 2.24) is 4.90 Å². The number of nitrogens with two attached hydrogens (primary N) is 1. The number of primary amides is 1. The first-order valence-corrected chi connectivity index (χ1v) is 5.27. The van der Waals surface area contributed by atoms with Gasteiger partial charge in [0.2, 0.25) is 5.91 Å². The highest BCUT2D eigenvalue weighted by atomic mass is 16.4. The lowest BCUT2D eigenvalue weighted by atomic mass is 9.89. The van der Waals surface area contributed by atoms with Gasteiger partial charge in [-0.2, -0.15) is 0 Å². The Bertz CT molecular complexity index is 338. The van der Waals surface area contributed by atoms with Crippen LogP contribution in [0.2, 0.25) is 0 Å². The molecule has 0 spiro atoms. The summed E-state index contributed by atoms with van der Waals surface area (Å²) in [5, 5.41) is 8.69. The molecule has 90 valence electrons. The molecule has 1 amide bonds. The SMILES string of the molecule is CC(=CCN1CCC(C)(C(N)=O)C1)C(=O)O.